The molecule has 47 heavy (non-hydrogen) atoms. The number of rotatable bonds is 8. The lowest BCUT2D eigenvalue weighted by atomic mass is 9.96. The summed E-state index contributed by atoms with van der Waals surface area (Å²) in [4.78, 5) is 58.7. The molecule has 2 saturated heterocycles. The summed E-state index contributed by atoms with van der Waals surface area (Å²) in [6.07, 6.45) is 5.16. The van der Waals surface area contributed by atoms with Gasteiger partial charge in [0.1, 0.15) is 12.1 Å². The zero-order chi connectivity index (χ0) is 33.2. The Hall–Kier alpha value is -5.00. The van der Waals surface area contributed by atoms with E-state index in [1.54, 1.807) is 6.92 Å². The highest BCUT2D eigenvalue weighted by atomic mass is 16.5. The van der Waals surface area contributed by atoms with E-state index in [0.29, 0.717) is 25.2 Å². The van der Waals surface area contributed by atoms with Crippen LogP contribution >= 0.6 is 0 Å². The molecular weight excluding hydrogens is 598 g/mol. The summed E-state index contributed by atoms with van der Waals surface area (Å²) in [6.45, 7) is 6.70. The number of benzene rings is 2. The van der Waals surface area contributed by atoms with E-state index in [0.717, 1.165) is 64.7 Å². The van der Waals surface area contributed by atoms with Crippen molar-refractivity contribution in [1.29, 1.82) is 0 Å². The van der Waals surface area contributed by atoms with Gasteiger partial charge in [0, 0.05) is 42.7 Å². The van der Waals surface area contributed by atoms with Gasteiger partial charge in [-0.25, -0.2) is 4.79 Å². The number of nitrogens with one attached hydrogen (secondary N) is 3. The molecule has 0 radical (unpaired) electrons. The predicted molar refractivity (Wildman–Crippen MR) is 179 cm³/mol. The number of carbonyl (C=O) groups is 4. The number of anilines is 1. The number of likely N-dealkylation sites (tertiary alicyclic amines) is 2. The molecule has 4 amide bonds. The van der Waals surface area contributed by atoms with Gasteiger partial charge in [0.2, 0.25) is 17.7 Å². The fourth-order valence-corrected chi connectivity index (χ4v) is 6.76. The van der Waals surface area contributed by atoms with Crippen LogP contribution in [-0.2, 0) is 19.1 Å². The van der Waals surface area contributed by atoms with Gasteiger partial charge in [0.05, 0.1) is 18.7 Å². The Labute approximate surface area is 273 Å². The first-order chi connectivity index (χ1) is 22.6. The smallest absolute Gasteiger partial charge is 0.407 e. The van der Waals surface area contributed by atoms with Gasteiger partial charge in [0.15, 0.2) is 5.82 Å². The first kappa shape index (κ1) is 32.0. The summed E-state index contributed by atoms with van der Waals surface area (Å²) in [7, 11) is 1.23. The number of allylic oxidation sites excluding steroid dienone is 1. The van der Waals surface area contributed by atoms with Crippen molar-refractivity contribution in [2.45, 2.75) is 71.0 Å². The number of ether oxygens (including phenoxy) is 1. The number of amides is 4. The topological polar surface area (TPSA) is 149 Å². The molecule has 12 nitrogen and oxygen atoms in total. The molecule has 4 heterocycles. The van der Waals surface area contributed by atoms with Crippen molar-refractivity contribution in [2.24, 2.45) is 10.9 Å². The van der Waals surface area contributed by atoms with Gasteiger partial charge in [-0.05, 0) is 67.0 Å². The number of aromatic amines is 1. The minimum Gasteiger partial charge on any atom is -0.453 e. The third-order valence-corrected chi connectivity index (χ3v) is 9.29. The molecule has 2 fully saturated rings. The van der Waals surface area contributed by atoms with Gasteiger partial charge >= 0.3 is 6.09 Å². The average Bonchev–Trinajstić information content (AvgIpc) is 3.90. The number of H-pyrrole nitrogens is 1. The lowest BCUT2D eigenvalue weighted by Gasteiger charge is -2.26. The van der Waals surface area contributed by atoms with Gasteiger partial charge in [-0.2, -0.15) is 5.10 Å². The van der Waals surface area contributed by atoms with Gasteiger partial charge in [-0.3, -0.25) is 24.5 Å². The number of aromatic nitrogens is 2. The van der Waals surface area contributed by atoms with Crippen molar-refractivity contribution in [3.05, 3.63) is 54.2 Å². The molecule has 2 aromatic carbocycles. The molecule has 3 atom stereocenters. The van der Waals surface area contributed by atoms with Gasteiger partial charge in [-0.15, -0.1) is 0 Å². The third-order valence-electron chi connectivity index (χ3n) is 9.29. The van der Waals surface area contributed by atoms with Crippen LogP contribution in [0.25, 0.3) is 27.6 Å². The molecule has 3 aliphatic heterocycles. The molecule has 3 aliphatic rings. The van der Waals surface area contributed by atoms with Crippen LogP contribution in [-0.4, -0.2) is 87.8 Å². The van der Waals surface area contributed by atoms with E-state index in [1.165, 1.54) is 12.0 Å². The maximum Gasteiger partial charge on any atom is 0.407 e. The molecule has 3 aromatic rings. The van der Waals surface area contributed by atoms with E-state index in [-0.39, 0.29) is 29.7 Å². The Morgan fingerprint density at radius 3 is 2.36 bits per heavy atom. The second-order valence-electron chi connectivity index (χ2n) is 12.7. The number of fused-ring (bicyclic) bond motifs is 1. The molecule has 0 saturated carbocycles. The van der Waals surface area contributed by atoms with Crippen LogP contribution in [0.2, 0.25) is 0 Å². The lowest BCUT2D eigenvalue weighted by Crippen LogP contribution is -2.51. The van der Waals surface area contributed by atoms with Crippen LogP contribution in [0, 0.1) is 5.92 Å². The quantitative estimate of drug-likeness (QED) is 0.324. The van der Waals surface area contributed by atoms with Crippen molar-refractivity contribution in [3.63, 3.8) is 0 Å². The monoisotopic (exact) mass is 639 g/mol. The fourth-order valence-electron chi connectivity index (χ4n) is 6.76. The van der Waals surface area contributed by atoms with Crippen LogP contribution < -0.4 is 10.6 Å². The van der Waals surface area contributed by atoms with Crippen molar-refractivity contribution in [1.82, 2.24) is 25.3 Å². The molecular formula is C35H41N7O5. The minimum absolute atomic E-state index is 0.0166. The second-order valence-corrected chi connectivity index (χ2v) is 12.7. The Morgan fingerprint density at radius 2 is 1.62 bits per heavy atom. The van der Waals surface area contributed by atoms with Gasteiger partial charge in [0.25, 0.3) is 0 Å². The standard InChI is InChI=1S/C35H41N7O5/c1-20(2)33(44)41-15-5-7-29(41)28-18-25(19-36-28)23-11-9-22(10-12-23)24-13-14-26-27(17-24)39-40-31(26)38-32(43)30-8-6-16-42(30)34(45)21(3)37-35(46)47-4/h9-14,17,19-21,29-30H,5-8,15-16,18H2,1-4H3,(H,37,46)(H2,38,39,40,43)/t21-,29-,30-/m0/s1. The third kappa shape index (κ3) is 6.49. The maximum absolute atomic E-state index is 13.3. The highest BCUT2D eigenvalue weighted by Gasteiger charge is 2.37. The molecule has 0 unspecified atom stereocenters. The highest BCUT2D eigenvalue weighted by molar-refractivity contribution is 6.05. The van der Waals surface area contributed by atoms with Crippen LogP contribution in [0.5, 0.6) is 0 Å². The summed E-state index contributed by atoms with van der Waals surface area (Å²) in [6, 6.07) is 12.9. The molecule has 3 N–H and O–H groups in total. The van der Waals surface area contributed by atoms with E-state index >= 15 is 0 Å². The first-order valence-corrected chi connectivity index (χ1v) is 16.3. The summed E-state index contributed by atoms with van der Waals surface area (Å²) >= 11 is 0. The van der Waals surface area contributed by atoms with Crippen LogP contribution in [0.4, 0.5) is 10.6 Å². The SMILES string of the molecule is COC(=O)N[C@@H](C)C(=O)N1CCC[C@H]1C(=O)Nc1n[nH]c2cc(-c3ccc(C4=CN=C([C@@H]5CCCN5C(=O)C(C)C)C4)cc3)ccc12. The van der Waals surface area contributed by atoms with Crippen LogP contribution in [0.1, 0.15) is 58.4 Å². The molecule has 246 valence electrons. The van der Waals surface area contributed by atoms with Crippen molar-refractivity contribution in [3.8, 4) is 11.1 Å². The molecule has 1 aromatic heterocycles. The maximum atomic E-state index is 13.3. The Kier molecular flexibility index (Phi) is 9.10. The molecule has 12 heteroatoms. The summed E-state index contributed by atoms with van der Waals surface area (Å²) in [5.74, 6) is -0.0878. The largest absolute Gasteiger partial charge is 0.453 e. The summed E-state index contributed by atoms with van der Waals surface area (Å²) in [5, 5.41) is 13.5. The minimum atomic E-state index is -0.820. The second kappa shape index (κ2) is 13.4. The highest BCUT2D eigenvalue weighted by Crippen LogP contribution is 2.33. The number of nitrogens with zero attached hydrogens (tertiary/aromatic N) is 4. The molecule has 0 bridgehead atoms. The number of alkyl carbamates (subject to hydrolysis) is 1. The lowest BCUT2D eigenvalue weighted by molar-refractivity contribution is -0.138. The Balaban J connectivity index is 1.09. The van der Waals surface area contributed by atoms with Crippen molar-refractivity contribution in [2.75, 3.05) is 25.5 Å². The first-order valence-electron chi connectivity index (χ1n) is 16.3. The molecule has 0 aliphatic carbocycles. The van der Waals surface area contributed by atoms with E-state index in [4.69, 9.17) is 4.99 Å². The van der Waals surface area contributed by atoms with Crippen LogP contribution in [0.15, 0.2) is 53.7 Å². The van der Waals surface area contributed by atoms with E-state index in [9.17, 15) is 19.2 Å². The Morgan fingerprint density at radius 1 is 0.915 bits per heavy atom. The van der Waals surface area contributed by atoms with E-state index in [2.05, 4.69) is 49.8 Å². The number of methoxy groups -OCH3 is 1. The zero-order valence-corrected chi connectivity index (χ0v) is 27.2. The summed E-state index contributed by atoms with van der Waals surface area (Å²) in [5.41, 5.74) is 6.13. The number of hydrogen-bond donors (Lipinski definition) is 3. The van der Waals surface area contributed by atoms with Crippen LogP contribution in [0.3, 0.4) is 0 Å². The average molecular weight is 640 g/mol. The van der Waals surface area contributed by atoms with Crippen molar-refractivity contribution < 1.29 is 23.9 Å². The molecule has 0 spiro atoms. The number of carbonyl (C=O) groups excluding carboxylic acids is 4. The normalized spacial score (nSPS) is 19.9. The van der Waals surface area contributed by atoms with Gasteiger partial charge < -0.3 is 25.2 Å². The Bertz CT molecular complexity index is 1760. The van der Waals surface area contributed by atoms with Crippen molar-refractivity contribution >= 4 is 51.8 Å². The number of hydrogen-bond acceptors (Lipinski definition) is 7. The fraction of sp³-hybridized carbons (Fsp3) is 0.429. The predicted octanol–water partition coefficient (Wildman–Crippen LogP) is 4.74. The van der Waals surface area contributed by atoms with Gasteiger partial charge in [-0.1, -0.05) is 44.2 Å². The number of aliphatic imine (C=N–C) groups is 1. The van der Waals surface area contributed by atoms with E-state index < -0.39 is 18.2 Å². The summed E-state index contributed by atoms with van der Waals surface area (Å²) < 4.78 is 4.59. The molecule has 6 rings (SSSR count). The zero-order valence-electron chi connectivity index (χ0n) is 27.2. The van der Waals surface area contributed by atoms with E-state index in [1.807, 2.05) is 43.1 Å².